The number of halogens is 2. The van der Waals surface area contributed by atoms with Gasteiger partial charge in [0.05, 0.1) is 3.79 Å². The monoisotopic (exact) mass is 417 g/mol. The molecular formula is C14H13Br2NS2. The summed E-state index contributed by atoms with van der Waals surface area (Å²) in [4.78, 5) is 2.79. The lowest BCUT2D eigenvalue weighted by Crippen LogP contribution is -2.23. The SMILES string of the molecule is Brc1cc(CNC2CCSc3ccccc32)sc1Br. The molecule has 0 spiro atoms. The summed E-state index contributed by atoms with van der Waals surface area (Å²) in [6.07, 6.45) is 1.20. The van der Waals surface area contributed by atoms with Crippen LogP contribution in [0.1, 0.15) is 22.9 Å². The van der Waals surface area contributed by atoms with Gasteiger partial charge < -0.3 is 5.32 Å². The van der Waals surface area contributed by atoms with Gasteiger partial charge in [-0.2, -0.15) is 0 Å². The molecule has 1 atom stereocenters. The molecule has 1 unspecified atom stereocenters. The van der Waals surface area contributed by atoms with Crippen molar-refractivity contribution < 1.29 is 0 Å². The van der Waals surface area contributed by atoms with Crippen LogP contribution in [0, 0.1) is 0 Å². The summed E-state index contributed by atoms with van der Waals surface area (Å²) in [6, 6.07) is 11.4. The van der Waals surface area contributed by atoms with Gasteiger partial charge >= 0.3 is 0 Å². The molecule has 3 rings (SSSR count). The second-order valence-electron chi connectivity index (χ2n) is 4.44. The van der Waals surface area contributed by atoms with Crippen molar-refractivity contribution in [3.8, 4) is 0 Å². The lowest BCUT2D eigenvalue weighted by Gasteiger charge is -2.25. The van der Waals surface area contributed by atoms with Crippen LogP contribution in [0.5, 0.6) is 0 Å². The Morgan fingerprint density at radius 1 is 1.26 bits per heavy atom. The molecule has 2 aromatic rings. The van der Waals surface area contributed by atoms with Crippen LogP contribution in [-0.4, -0.2) is 5.75 Å². The molecule has 19 heavy (non-hydrogen) atoms. The Labute approximate surface area is 138 Å². The van der Waals surface area contributed by atoms with Crippen LogP contribution in [0.2, 0.25) is 0 Å². The van der Waals surface area contributed by atoms with Crippen molar-refractivity contribution in [3.63, 3.8) is 0 Å². The summed E-state index contributed by atoms with van der Waals surface area (Å²) in [5.41, 5.74) is 1.45. The molecule has 1 nitrogen and oxygen atoms in total. The molecule has 2 heterocycles. The van der Waals surface area contributed by atoms with Gasteiger partial charge in [-0.05, 0) is 61.7 Å². The molecule has 100 valence electrons. The summed E-state index contributed by atoms with van der Waals surface area (Å²) >= 11 is 10.8. The van der Waals surface area contributed by atoms with Gasteiger partial charge in [0.2, 0.25) is 0 Å². The number of hydrogen-bond donors (Lipinski definition) is 1. The van der Waals surface area contributed by atoms with E-state index < -0.39 is 0 Å². The number of hydrogen-bond acceptors (Lipinski definition) is 3. The first-order chi connectivity index (χ1) is 9.24. The molecular weight excluding hydrogens is 406 g/mol. The fourth-order valence-electron chi connectivity index (χ4n) is 2.26. The maximum atomic E-state index is 3.69. The average molecular weight is 419 g/mol. The van der Waals surface area contributed by atoms with E-state index in [0.29, 0.717) is 6.04 Å². The van der Waals surface area contributed by atoms with Gasteiger partial charge in [0.15, 0.2) is 0 Å². The molecule has 0 aliphatic carbocycles. The number of nitrogens with one attached hydrogen (secondary N) is 1. The van der Waals surface area contributed by atoms with Crippen LogP contribution < -0.4 is 5.32 Å². The molecule has 1 aromatic heterocycles. The van der Waals surface area contributed by atoms with Gasteiger partial charge in [-0.1, -0.05) is 18.2 Å². The van der Waals surface area contributed by atoms with Gasteiger partial charge in [0.1, 0.15) is 0 Å². The van der Waals surface area contributed by atoms with E-state index in [0.717, 1.165) is 11.0 Å². The first-order valence-electron chi connectivity index (χ1n) is 6.13. The van der Waals surface area contributed by atoms with E-state index in [-0.39, 0.29) is 0 Å². The molecule has 1 aliphatic heterocycles. The Morgan fingerprint density at radius 2 is 2.11 bits per heavy atom. The third-order valence-corrected chi connectivity index (χ3v) is 7.56. The fraction of sp³-hybridized carbons (Fsp3) is 0.286. The first kappa shape index (κ1) is 14.1. The van der Waals surface area contributed by atoms with Crippen molar-refractivity contribution in [2.45, 2.75) is 23.9 Å². The van der Waals surface area contributed by atoms with E-state index >= 15 is 0 Å². The van der Waals surface area contributed by atoms with Crippen molar-refractivity contribution in [2.75, 3.05) is 5.75 Å². The molecule has 0 amide bonds. The Hall–Kier alpha value is 0.190. The molecule has 0 saturated heterocycles. The number of thiophene rings is 1. The van der Waals surface area contributed by atoms with Crippen LogP contribution in [-0.2, 0) is 6.54 Å². The zero-order valence-corrected chi connectivity index (χ0v) is 15.0. The second-order valence-corrected chi connectivity index (χ2v) is 8.89. The summed E-state index contributed by atoms with van der Waals surface area (Å²) < 4.78 is 2.32. The third kappa shape index (κ3) is 3.27. The van der Waals surface area contributed by atoms with Crippen molar-refractivity contribution in [1.29, 1.82) is 0 Å². The highest BCUT2D eigenvalue weighted by molar-refractivity contribution is 9.13. The van der Waals surface area contributed by atoms with E-state index in [1.807, 2.05) is 11.8 Å². The molecule has 1 N–H and O–H groups in total. The molecule has 0 radical (unpaired) electrons. The zero-order chi connectivity index (χ0) is 13.2. The molecule has 0 saturated carbocycles. The van der Waals surface area contributed by atoms with Gasteiger partial charge in [-0.3, -0.25) is 0 Å². The first-order valence-corrected chi connectivity index (χ1v) is 9.51. The second kappa shape index (κ2) is 6.31. The zero-order valence-electron chi connectivity index (χ0n) is 10.2. The van der Waals surface area contributed by atoms with E-state index in [1.165, 1.54) is 31.3 Å². The smallest absolute Gasteiger partial charge is 0.0843 e. The molecule has 5 heteroatoms. The Bertz CT molecular complexity index is 563. The minimum absolute atomic E-state index is 0.483. The van der Waals surface area contributed by atoms with Gasteiger partial charge in [-0.15, -0.1) is 23.1 Å². The van der Waals surface area contributed by atoms with Gasteiger partial charge in [0.25, 0.3) is 0 Å². The Morgan fingerprint density at radius 3 is 2.89 bits per heavy atom. The van der Waals surface area contributed by atoms with E-state index in [9.17, 15) is 0 Å². The number of thioether (sulfide) groups is 1. The minimum atomic E-state index is 0.483. The normalized spacial score (nSPS) is 18.3. The molecule has 0 fully saturated rings. The lowest BCUT2D eigenvalue weighted by atomic mass is 10.0. The largest absolute Gasteiger partial charge is 0.305 e. The fourth-order valence-corrected chi connectivity index (χ4v) is 5.51. The standard InChI is InChI=1S/C14H13Br2NS2/c15-11-7-9(19-14(11)16)8-17-12-5-6-18-13-4-2-1-3-10(12)13/h1-4,7,12,17H,5-6,8H2. The summed E-state index contributed by atoms with van der Waals surface area (Å²) in [5, 5.41) is 3.69. The maximum Gasteiger partial charge on any atom is 0.0843 e. The van der Waals surface area contributed by atoms with Crippen molar-refractivity contribution >= 4 is 55.0 Å². The van der Waals surface area contributed by atoms with E-state index in [4.69, 9.17) is 0 Å². The van der Waals surface area contributed by atoms with Crippen molar-refractivity contribution in [2.24, 2.45) is 0 Å². The van der Waals surface area contributed by atoms with Crippen LogP contribution >= 0.6 is 55.0 Å². The lowest BCUT2D eigenvalue weighted by molar-refractivity contribution is 0.513. The Kier molecular flexibility index (Phi) is 4.70. The topological polar surface area (TPSA) is 12.0 Å². The highest BCUT2D eigenvalue weighted by Crippen LogP contribution is 2.37. The molecule has 1 aliphatic rings. The minimum Gasteiger partial charge on any atom is -0.305 e. The van der Waals surface area contributed by atoms with E-state index in [2.05, 4.69) is 67.5 Å². The highest BCUT2D eigenvalue weighted by atomic mass is 79.9. The van der Waals surface area contributed by atoms with Gasteiger partial charge in [0, 0.05) is 26.8 Å². The summed E-state index contributed by atoms with van der Waals surface area (Å²) in [6.45, 7) is 0.929. The van der Waals surface area contributed by atoms with Crippen molar-refractivity contribution in [1.82, 2.24) is 5.32 Å². The third-order valence-electron chi connectivity index (χ3n) is 3.18. The summed E-state index contributed by atoms with van der Waals surface area (Å²) in [5.74, 6) is 1.20. The van der Waals surface area contributed by atoms with Crippen LogP contribution in [0.15, 0.2) is 43.5 Å². The van der Waals surface area contributed by atoms with E-state index in [1.54, 1.807) is 11.3 Å². The van der Waals surface area contributed by atoms with Gasteiger partial charge in [-0.25, -0.2) is 0 Å². The molecule has 1 aromatic carbocycles. The predicted molar refractivity (Wildman–Crippen MR) is 91.1 cm³/mol. The number of rotatable bonds is 3. The summed E-state index contributed by atoms with van der Waals surface area (Å²) in [7, 11) is 0. The van der Waals surface area contributed by atoms with Crippen LogP contribution in [0.3, 0.4) is 0 Å². The number of benzene rings is 1. The van der Waals surface area contributed by atoms with Crippen LogP contribution in [0.25, 0.3) is 0 Å². The van der Waals surface area contributed by atoms with Crippen molar-refractivity contribution in [3.05, 3.63) is 49.0 Å². The highest BCUT2D eigenvalue weighted by Gasteiger charge is 2.19. The average Bonchev–Trinajstić information content (AvgIpc) is 2.75. The molecule has 0 bridgehead atoms. The maximum absolute atomic E-state index is 3.69. The quantitative estimate of drug-likeness (QED) is 0.695. The number of fused-ring (bicyclic) bond motifs is 1. The Balaban J connectivity index is 1.71. The van der Waals surface area contributed by atoms with Crippen LogP contribution in [0.4, 0.5) is 0 Å². The predicted octanol–water partition coefficient (Wildman–Crippen LogP) is 5.60.